The molecule has 3 aliphatic carbocycles. The van der Waals surface area contributed by atoms with E-state index in [1.165, 1.54) is 30.2 Å². The summed E-state index contributed by atoms with van der Waals surface area (Å²) in [6.07, 6.45) is 2.43. The second-order valence-corrected chi connectivity index (χ2v) is 13.1. The molecule has 2 unspecified atom stereocenters. The van der Waals surface area contributed by atoms with Gasteiger partial charge in [-0.3, -0.25) is 9.36 Å². The molecule has 2 aromatic carbocycles. The number of hydrogen-bond acceptors (Lipinski definition) is 6. The number of hydrogen-bond donors (Lipinski definition) is 2. The second-order valence-electron chi connectivity index (χ2n) is 13.1. The Kier molecular flexibility index (Phi) is 7.83. The molecule has 1 aliphatic heterocycles. The molecule has 1 saturated heterocycles. The van der Waals surface area contributed by atoms with Crippen LogP contribution in [-0.2, 0) is 13.7 Å². The van der Waals surface area contributed by atoms with Gasteiger partial charge >= 0.3 is 0 Å². The SMILES string of the molecule is COc1ccc(OCc2nc3cc(NC(=NC4CC5C[C@@H]([C@@H]4C)C5(C)C)N4CCN[C@H](C)C4)ccc3c(=O)n2C)c(F)c1. The lowest BCUT2D eigenvalue weighted by Gasteiger charge is -2.61. The largest absolute Gasteiger partial charge is 0.497 e. The monoisotopic (exact) mass is 590 g/mol. The molecule has 2 bridgehead atoms. The van der Waals surface area contributed by atoms with Crippen LogP contribution < -0.4 is 25.7 Å². The lowest BCUT2D eigenvalue weighted by atomic mass is 9.45. The average molecular weight is 591 g/mol. The zero-order valence-electron chi connectivity index (χ0n) is 26.0. The van der Waals surface area contributed by atoms with Gasteiger partial charge in [-0.05, 0) is 73.3 Å². The Morgan fingerprint density at radius 1 is 1.21 bits per heavy atom. The van der Waals surface area contributed by atoms with Gasteiger partial charge in [0.1, 0.15) is 18.2 Å². The number of aliphatic imine (C=N–C) groups is 1. The highest BCUT2D eigenvalue weighted by Gasteiger charge is 2.56. The van der Waals surface area contributed by atoms with Crippen LogP contribution >= 0.6 is 0 Å². The van der Waals surface area contributed by atoms with Crippen molar-refractivity contribution in [2.24, 2.45) is 35.2 Å². The Balaban J connectivity index is 1.28. The lowest BCUT2D eigenvalue weighted by molar-refractivity contribution is -0.108. The number of aromatic nitrogens is 2. The fraction of sp³-hybridized carbons (Fsp3) is 0.545. The third-order valence-electron chi connectivity index (χ3n) is 10.2. The number of nitrogens with zero attached hydrogens (tertiary/aromatic N) is 4. The highest BCUT2D eigenvalue weighted by atomic mass is 19.1. The van der Waals surface area contributed by atoms with Crippen LogP contribution in [0.25, 0.3) is 10.9 Å². The van der Waals surface area contributed by atoms with Gasteiger partial charge < -0.3 is 25.0 Å². The average Bonchev–Trinajstić information content (AvgIpc) is 2.98. The van der Waals surface area contributed by atoms with Crippen molar-refractivity contribution in [3.63, 3.8) is 0 Å². The number of halogens is 1. The van der Waals surface area contributed by atoms with Gasteiger partial charge in [-0.15, -0.1) is 0 Å². The van der Waals surface area contributed by atoms with Crippen LogP contribution in [-0.4, -0.2) is 59.2 Å². The summed E-state index contributed by atoms with van der Waals surface area (Å²) in [4.78, 5) is 25.7. The first-order valence-electron chi connectivity index (χ1n) is 15.3. The minimum Gasteiger partial charge on any atom is -0.497 e. The van der Waals surface area contributed by atoms with Crippen LogP contribution in [0.3, 0.4) is 0 Å². The van der Waals surface area contributed by atoms with Gasteiger partial charge in [-0.25, -0.2) is 14.4 Å². The molecule has 0 amide bonds. The van der Waals surface area contributed by atoms with Crippen molar-refractivity contribution in [3.05, 3.63) is 58.4 Å². The van der Waals surface area contributed by atoms with E-state index in [1.54, 1.807) is 19.2 Å². The minimum absolute atomic E-state index is 0.0633. The molecule has 3 saturated carbocycles. The molecule has 2 heterocycles. The van der Waals surface area contributed by atoms with Crippen LogP contribution in [0.4, 0.5) is 10.1 Å². The molecule has 3 aromatic rings. The molecule has 9 nitrogen and oxygen atoms in total. The summed E-state index contributed by atoms with van der Waals surface area (Å²) in [6.45, 7) is 12.0. The topological polar surface area (TPSA) is 93.0 Å². The summed E-state index contributed by atoms with van der Waals surface area (Å²) in [5, 5.41) is 7.65. The summed E-state index contributed by atoms with van der Waals surface area (Å²) in [6, 6.07) is 10.6. The van der Waals surface area contributed by atoms with Crippen LogP contribution in [0, 0.1) is 29.0 Å². The zero-order chi connectivity index (χ0) is 30.5. The molecule has 7 rings (SSSR count). The Morgan fingerprint density at radius 2 is 2.02 bits per heavy atom. The number of rotatable bonds is 6. The summed E-state index contributed by atoms with van der Waals surface area (Å²) < 4.78 is 26.7. The first kappa shape index (κ1) is 29.4. The number of piperazine rings is 1. The first-order valence-corrected chi connectivity index (χ1v) is 15.3. The Bertz CT molecular complexity index is 1600. The quantitative estimate of drug-likeness (QED) is 0.315. The first-order chi connectivity index (χ1) is 20.5. The number of fused-ring (bicyclic) bond motifs is 3. The Morgan fingerprint density at radius 3 is 2.72 bits per heavy atom. The van der Waals surface area contributed by atoms with Gasteiger partial charge in [0.25, 0.3) is 5.56 Å². The number of benzene rings is 2. The third kappa shape index (κ3) is 5.57. The molecule has 0 radical (unpaired) electrons. The van der Waals surface area contributed by atoms with Gasteiger partial charge in [0.2, 0.25) is 0 Å². The number of anilines is 1. The number of ether oxygens (including phenoxy) is 2. The van der Waals surface area contributed by atoms with E-state index in [0.29, 0.717) is 45.8 Å². The zero-order valence-corrected chi connectivity index (χ0v) is 26.0. The van der Waals surface area contributed by atoms with E-state index in [1.807, 2.05) is 12.1 Å². The van der Waals surface area contributed by atoms with Crippen LogP contribution in [0.2, 0.25) is 0 Å². The van der Waals surface area contributed by atoms with Crippen molar-refractivity contribution in [1.29, 1.82) is 0 Å². The second kappa shape index (κ2) is 11.4. The molecule has 4 aliphatic rings. The van der Waals surface area contributed by atoms with E-state index in [0.717, 1.165) is 43.6 Å². The Labute approximate surface area is 252 Å². The van der Waals surface area contributed by atoms with Crippen molar-refractivity contribution in [3.8, 4) is 11.5 Å². The highest BCUT2D eigenvalue weighted by molar-refractivity contribution is 5.96. The molecule has 5 atom stereocenters. The predicted octanol–water partition coefficient (Wildman–Crippen LogP) is 4.79. The molecule has 10 heteroatoms. The Hall–Kier alpha value is -3.66. The molecular formula is C33H43FN6O3. The molecule has 0 spiro atoms. The molecule has 4 fully saturated rings. The lowest BCUT2D eigenvalue weighted by Crippen LogP contribution is -2.57. The van der Waals surface area contributed by atoms with Crippen LogP contribution in [0.15, 0.2) is 46.2 Å². The number of nitrogens with one attached hydrogen (secondary N) is 2. The van der Waals surface area contributed by atoms with E-state index in [2.05, 4.69) is 43.2 Å². The summed E-state index contributed by atoms with van der Waals surface area (Å²) in [5.41, 5.74) is 1.58. The van der Waals surface area contributed by atoms with E-state index in [9.17, 15) is 9.18 Å². The van der Waals surface area contributed by atoms with E-state index >= 15 is 0 Å². The highest BCUT2D eigenvalue weighted by Crippen LogP contribution is 2.61. The van der Waals surface area contributed by atoms with E-state index < -0.39 is 5.82 Å². The normalized spacial score (nSPS) is 26.6. The summed E-state index contributed by atoms with van der Waals surface area (Å²) in [5.74, 6) is 3.15. The van der Waals surface area contributed by atoms with Gasteiger partial charge in [0.05, 0.1) is 24.1 Å². The maximum absolute atomic E-state index is 14.5. The van der Waals surface area contributed by atoms with Crippen LogP contribution in [0.5, 0.6) is 11.5 Å². The fourth-order valence-corrected chi connectivity index (χ4v) is 7.29. The van der Waals surface area contributed by atoms with Crippen molar-refractivity contribution in [2.75, 3.05) is 32.1 Å². The molecule has 230 valence electrons. The van der Waals surface area contributed by atoms with Gasteiger partial charge in [-0.1, -0.05) is 20.8 Å². The van der Waals surface area contributed by atoms with E-state index in [-0.39, 0.29) is 24.0 Å². The van der Waals surface area contributed by atoms with Crippen molar-refractivity contribution in [2.45, 2.75) is 59.2 Å². The van der Waals surface area contributed by atoms with Crippen molar-refractivity contribution in [1.82, 2.24) is 19.8 Å². The number of guanidine groups is 1. The molecule has 2 N–H and O–H groups in total. The maximum Gasteiger partial charge on any atom is 0.261 e. The van der Waals surface area contributed by atoms with Crippen LogP contribution in [0.1, 0.15) is 46.4 Å². The molecule has 43 heavy (non-hydrogen) atoms. The summed E-state index contributed by atoms with van der Waals surface area (Å²) in [7, 11) is 3.13. The maximum atomic E-state index is 14.5. The fourth-order valence-electron chi connectivity index (χ4n) is 7.29. The third-order valence-corrected chi connectivity index (χ3v) is 10.2. The number of methoxy groups -OCH3 is 1. The van der Waals surface area contributed by atoms with Gasteiger partial charge in [0.15, 0.2) is 17.5 Å². The van der Waals surface area contributed by atoms with Gasteiger partial charge in [-0.2, -0.15) is 0 Å². The van der Waals surface area contributed by atoms with Gasteiger partial charge in [0, 0.05) is 44.5 Å². The minimum atomic E-state index is -0.543. The molecular weight excluding hydrogens is 547 g/mol. The standard InChI is InChI=1S/C33H43FN6O3/c1-19-17-40(12-11-35-19)32(38-27-14-21-13-25(20(27)2)33(21,3)4)36-22-7-9-24-28(15-22)37-30(39(5)31(24)41)18-43-29-10-8-23(42-6)16-26(29)34/h7-10,15-16,19-21,25,27,35H,11-14,17-18H2,1-6H3,(H,36,38)/t19-,20+,21?,25+,27?/m1/s1. The smallest absolute Gasteiger partial charge is 0.261 e. The summed E-state index contributed by atoms with van der Waals surface area (Å²) >= 11 is 0. The molecule has 1 aromatic heterocycles. The van der Waals surface area contributed by atoms with Crippen molar-refractivity contribution < 1.29 is 13.9 Å². The van der Waals surface area contributed by atoms with E-state index in [4.69, 9.17) is 19.5 Å². The predicted molar refractivity (Wildman–Crippen MR) is 167 cm³/mol. The van der Waals surface area contributed by atoms with Crippen molar-refractivity contribution >= 4 is 22.5 Å².